The van der Waals surface area contributed by atoms with E-state index in [1.807, 2.05) is 0 Å². The Morgan fingerprint density at radius 2 is 2.00 bits per heavy atom. The Morgan fingerprint density at radius 1 is 1.35 bits per heavy atom. The van der Waals surface area contributed by atoms with E-state index in [1.54, 1.807) is 4.90 Å². The molecule has 0 spiro atoms. The Labute approximate surface area is 101 Å². The predicted octanol–water partition coefficient (Wildman–Crippen LogP) is -0.409. The third kappa shape index (κ3) is 2.90. The van der Waals surface area contributed by atoms with E-state index in [9.17, 15) is 13.2 Å². The molecule has 0 aromatic carbocycles. The molecule has 2 N–H and O–H groups in total. The van der Waals surface area contributed by atoms with Gasteiger partial charge in [-0.2, -0.15) is 0 Å². The lowest BCUT2D eigenvalue weighted by molar-refractivity contribution is 0.151. The molecule has 0 aliphatic carbocycles. The van der Waals surface area contributed by atoms with E-state index < -0.39 is 9.84 Å². The van der Waals surface area contributed by atoms with E-state index in [2.05, 4.69) is 0 Å². The maximum atomic E-state index is 11.5. The first-order chi connectivity index (χ1) is 8.02. The quantitative estimate of drug-likeness (QED) is 0.747. The van der Waals surface area contributed by atoms with Crippen LogP contribution in [0.3, 0.4) is 0 Å². The summed E-state index contributed by atoms with van der Waals surface area (Å²) < 4.78 is 27.5. The molecule has 0 aromatic heterocycles. The lowest BCUT2D eigenvalue weighted by atomic mass is 10.0. The van der Waals surface area contributed by atoms with Crippen LogP contribution in [0.15, 0.2) is 0 Å². The maximum Gasteiger partial charge on any atom is 0.410 e. The number of cyclic esters (lactones) is 1. The summed E-state index contributed by atoms with van der Waals surface area (Å²) in [5.74, 6) is 0.708. The topological polar surface area (TPSA) is 89.7 Å². The van der Waals surface area contributed by atoms with Gasteiger partial charge in [0.25, 0.3) is 0 Å². The highest BCUT2D eigenvalue weighted by atomic mass is 32.2. The molecular weight excluding hydrogens is 244 g/mol. The molecule has 2 aliphatic rings. The largest absolute Gasteiger partial charge is 0.447 e. The van der Waals surface area contributed by atoms with Gasteiger partial charge in [-0.25, -0.2) is 13.2 Å². The zero-order valence-electron chi connectivity index (χ0n) is 9.67. The van der Waals surface area contributed by atoms with Gasteiger partial charge in [0.15, 0.2) is 0 Å². The summed E-state index contributed by atoms with van der Waals surface area (Å²) in [7, 11) is -2.84. The van der Waals surface area contributed by atoms with Crippen molar-refractivity contribution in [2.75, 3.05) is 31.2 Å². The van der Waals surface area contributed by atoms with E-state index >= 15 is 0 Å². The van der Waals surface area contributed by atoms with Gasteiger partial charge in [0.05, 0.1) is 17.5 Å². The fourth-order valence-corrected chi connectivity index (χ4v) is 3.90. The molecule has 7 heteroatoms. The van der Waals surface area contributed by atoms with E-state index in [4.69, 9.17) is 10.5 Å². The smallest absolute Gasteiger partial charge is 0.410 e. The Hall–Kier alpha value is -0.820. The fraction of sp³-hybridized carbons (Fsp3) is 0.900. The highest BCUT2D eigenvalue weighted by Crippen LogP contribution is 2.22. The normalized spacial score (nSPS) is 29.4. The van der Waals surface area contributed by atoms with Gasteiger partial charge in [-0.15, -0.1) is 0 Å². The van der Waals surface area contributed by atoms with Crippen molar-refractivity contribution in [3.63, 3.8) is 0 Å². The lowest BCUT2D eigenvalue weighted by Crippen LogP contribution is -2.43. The molecule has 6 nitrogen and oxygen atoms in total. The number of ether oxygens (including phenoxy) is 1. The number of carbonyl (C=O) groups excluding carboxylic acids is 1. The van der Waals surface area contributed by atoms with Crippen LogP contribution in [0.5, 0.6) is 0 Å². The number of carbonyl (C=O) groups is 1. The Morgan fingerprint density at radius 3 is 2.59 bits per heavy atom. The maximum absolute atomic E-state index is 11.5. The molecule has 0 aromatic rings. The average Bonchev–Trinajstić information content (AvgIpc) is 2.63. The van der Waals surface area contributed by atoms with Gasteiger partial charge in [0.1, 0.15) is 16.4 Å². The minimum Gasteiger partial charge on any atom is -0.447 e. The highest BCUT2D eigenvalue weighted by Gasteiger charge is 2.35. The predicted molar refractivity (Wildman–Crippen MR) is 62.3 cm³/mol. The summed E-state index contributed by atoms with van der Waals surface area (Å²) in [6.07, 6.45) is 0.932. The molecule has 2 fully saturated rings. The van der Waals surface area contributed by atoms with Crippen LogP contribution in [0, 0.1) is 5.92 Å². The molecule has 2 heterocycles. The first-order valence-corrected chi connectivity index (χ1v) is 7.68. The summed E-state index contributed by atoms with van der Waals surface area (Å²) in [5, 5.41) is 0. The van der Waals surface area contributed by atoms with E-state index in [1.165, 1.54) is 0 Å². The third-order valence-corrected chi connectivity index (χ3v) is 5.19. The zero-order valence-corrected chi connectivity index (χ0v) is 10.5. The first-order valence-electron chi connectivity index (χ1n) is 5.86. The van der Waals surface area contributed by atoms with Crippen LogP contribution >= 0.6 is 0 Å². The van der Waals surface area contributed by atoms with Crippen LogP contribution in [-0.2, 0) is 14.6 Å². The van der Waals surface area contributed by atoms with Gasteiger partial charge < -0.3 is 15.4 Å². The molecule has 2 rings (SSSR count). The van der Waals surface area contributed by atoms with Crippen molar-refractivity contribution < 1.29 is 17.9 Å². The number of nitrogens with two attached hydrogens (primary N) is 1. The zero-order chi connectivity index (χ0) is 12.5. The molecular formula is C10H18N2O4S. The number of rotatable bonds is 3. The molecule has 1 unspecified atom stereocenters. The number of sulfone groups is 1. The third-order valence-electron chi connectivity index (χ3n) is 3.48. The Balaban J connectivity index is 1.91. The molecule has 0 bridgehead atoms. The molecule has 2 aliphatic heterocycles. The van der Waals surface area contributed by atoms with Crippen molar-refractivity contribution >= 4 is 15.9 Å². The number of hydrogen-bond acceptors (Lipinski definition) is 5. The second-order valence-corrected chi connectivity index (χ2v) is 7.02. The van der Waals surface area contributed by atoms with Crippen molar-refractivity contribution in [2.45, 2.75) is 18.9 Å². The van der Waals surface area contributed by atoms with Crippen LogP contribution in [0.4, 0.5) is 4.79 Å². The van der Waals surface area contributed by atoms with Crippen LogP contribution in [0.2, 0.25) is 0 Å². The molecule has 98 valence electrons. The summed E-state index contributed by atoms with van der Waals surface area (Å²) in [6, 6.07) is -0.0546. The molecule has 17 heavy (non-hydrogen) atoms. The van der Waals surface area contributed by atoms with Gasteiger partial charge in [0, 0.05) is 13.1 Å². The Kier molecular flexibility index (Phi) is 3.58. The molecule has 2 saturated heterocycles. The Bertz CT molecular complexity index is 381. The second-order valence-electron chi connectivity index (χ2n) is 4.71. The monoisotopic (exact) mass is 262 g/mol. The van der Waals surface area contributed by atoms with Gasteiger partial charge in [-0.05, 0) is 18.8 Å². The lowest BCUT2D eigenvalue weighted by Gasteiger charge is -2.28. The van der Waals surface area contributed by atoms with Gasteiger partial charge in [0.2, 0.25) is 0 Å². The second kappa shape index (κ2) is 4.81. The summed E-state index contributed by atoms with van der Waals surface area (Å²) in [6.45, 7) is 1.30. The van der Waals surface area contributed by atoms with Gasteiger partial charge in [-0.3, -0.25) is 0 Å². The standard InChI is InChI=1S/C10H18N2O4S/c11-5-9-7-16-10(13)12(9)6-8-1-3-17(14,15)4-2-8/h8-9H,1-7,11H2. The van der Waals surface area contributed by atoms with Crippen LogP contribution in [0.25, 0.3) is 0 Å². The fourth-order valence-electron chi connectivity index (χ4n) is 2.31. The van der Waals surface area contributed by atoms with E-state index in [-0.39, 0.29) is 29.6 Å². The van der Waals surface area contributed by atoms with Crippen molar-refractivity contribution in [1.29, 1.82) is 0 Å². The van der Waals surface area contributed by atoms with Crippen LogP contribution < -0.4 is 5.73 Å². The van der Waals surface area contributed by atoms with Crippen molar-refractivity contribution in [2.24, 2.45) is 11.7 Å². The number of hydrogen-bond donors (Lipinski definition) is 1. The highest BCUT2D eigenvalue weighted by molar-refractivity contribution is 7.91. The van der Waals surface area contributed by atoms with Crippen molar-refractivity contribution in [3.05, 3.63) is 0 Å². The van der Waals surface area contributed by atoms with Crippen LogP contribution in [0.1, 0.15) is 12.8 Å². The molecule has 1 atom stereocenters. The number of amides is 1. The molecule has 0 radical (unpaired) electrons. The van der Waals surface area contributed by atoms with Gasteiger partial charge in [-0.1, -0.05) is 0 Å². The van der Waals surface area contributed by atoms with E-state index in [0.717, 1.165) is 0 Å². The van der Waals surface area contributed by atoms with Crippen molar-refractivity contribution in [3.8, 4) is 0 Å². The summed E-state index contributed by atoms with van der Waals surface area (Å²) in [4.78, 5) is 13.1. The first kappa shape index (κ1) is 12.6. The number of nitrogens with zero attached hydrogens (tertiary/aromatic N) is 1. The molecule has 0 saturated carbocycles. The average molecular weight is 262 g/mol. The van der Waals surface area contributed by atoms with Crippen LogP contribution in [-0.4, -0.2) is 56.7 Å². The molecule has 1 amide bonds. The van der Waals surface area contributed by atoms with Gasteiger partial charge >= 0.3 is 6.09 Å². The summed E-state index contributed by atoms with van der Waals surface area (Å²) in [5.41, 5.74) is 5.56. The SMILES string of the molecule is NCC1COC(=O)N1CC1CCS(=O)(=O)CC1. The minimum absolute atomic E-state index is 0.0546. The van der Waals surface area contributed by atoms with Crippen molar-refractivity contribution in [1.82, 2.24) is 4.90 Å². The summed E-state index contributed by atoms with van der Waals surface area (Å²) >= 11 is 0. The minimum atomic E-state index is -2.84. The van der Waals surface area contributed by atoms with E-state index in [0.29, 0.717) is 32.5 Å².